The van der Waals surface area contributed by atoms with Gasteiger partial charge in [-0.2, -0.15) is 0 Å². The molecule has 104 valence electrons. The van der Waals surface area contributed by atoms with Gasteiger partial charge in [0.2, 0.25) is 5.56 Å². The van der Waals surface area contributed by atoms with E-state index in [1.54, 1.807) is 30.3 Å². The Morgan fingerprint density at radius 1 is 1.25 bits per heavy atom. The molecule has 1 aromatic heterocycles. The summed E-state index contributed by atoms with van der Waals surface area (Å²) in [5.41, 5.74) is 0.667. The Hall–Kier alpha value is -2.56. The van der Waals surface area contributed by atoms with Crippen LogP contribution in [0.5, 0.6) is 5.75 Å². The highest BCUT2D eigenvalue weighted by molar-refractivity contribution is 6.04. The number of nitrogens with one attached hydrogen (secondary N) is 2. The van der Waals surface area contributed by atoms with Crippen molar-refractivity contribution in [1.82, 2.24) is 4.98 Å². The summed E-state index contributed by atoms with van der Waals surface area (Å²) in [5.74, 6) is 0.444. The lowest BCUT2D eigenvalue weighted by Crippen LogP contribution is -2.15. The lowest BCUT2D eigenvalue weighted by Gasteiger charge is -2.07. The maximum absolute atomic E-state index is 11.9. The number of H-pyrrole nitrogens is 1. The zero-order chi connectivity index (χ0) is 14.4. The first-order chi connectivity index (χ1) is 9.69. The maximum atomic E-state index is 11.9. The SMILES string of the molecule is CCCOc1ccc(NC(=O)c2cc[nH]c(=O)c2)cc1. The summed E-state index contributed by atoms with van der Waals surface area (Å²) in [7, 11) is 0. The Labute approximate surface area is 116 Å². The number of hydrogen-bond donors (Lipinski definition) is 2. The molecule has 0 bridgehead atoms. The van der Waals surface area contributed by atoms with Gasteiger partial charge < -0.3 is 15.0 Å². The first-order valence-electron chi connectivity index (χ1n) is 6.42. The van der Waals surface area contributed by atoms with E-state index in [9.17, 15) is 9.59 Å². The van der Waals surface area contributed by atoms with Crippen molar-refractivity contribution < 1.29 is 9.53 Å². The third kappa shape index (κ3) is 3.71. The fourth-order valence-corrected chi connectivity index (χ4v) is 1.64. The standard InChI is InChI=1S/C15H16N2O3/c1-2-9-20-13-5-3-12(4-6-13)17-15(19)11-7-8-16-14(18)10-11/h3-8,10H,2,9H2,1H3,(H,16,18)(H,17,19). The van der Waals surface area contributed by atoms with Gasteiger partial charge in [0, 0.05) is 23.5 Å². The Bertz CT molecular complexity index is 632. The van der Waals surface area contributed by atoms with Crippen LogP contribution in [-0.4, -0.2) is 17.5 Å². The van der Waals surface area contributed by atoms with Gasteiger partial charge in [-0.25, -0.2) is 0 Å². The zero-order valence-electron chi connectivity index (χ0n) is 11.2. The summed E-state index contributed by atoms with van der Waals surface area (Å²) >= 11 is 0. The molecule has 0 fully saturated rings. The molecule has 0 aliphatic heterocycles. The van der Waals surface area contributed by atoms with E-state index < -0.39 is 0 Å². The van der Waals surface area contributed by atoms with Crippen molar-refractivity contribution in [2.75, 3.05) is 11.9 Å². The van der Waals surface area contributed by atoms with E-state index in [1.807, 2.05) is 6.92 Å². The molecule has 0 aliphatic carbocycles. The molecule has 0 aliphatic rings. The molecule has 0 radical (unpaired) electrons. The molecular weight excluding hydrogens is 256 g/mol. The van der Waals surface area contributed by atoms with E-state index >= 15 is 0 Å². The van der Waals surface area contributed by atoms with E-state index in [0.29, 0.717) is 17.9 Å². The van der Waals surface area contributed by atoms with Gasteiger partial charge in [-0.15, -0.1) is 0 Å². The van der Waals surface area contributed by atoms with Crippen molar-refractivity contribution in [3.63, 3.8) is 0 Å². The highest BCUT2D eigenvalue weighted by atomic mass is 16.5. The predicted octanol–water partition coefficient (Wildman–Crippen LogP) is 2.42. The third-order valence-electron chi connectivity index (χ3n) is 2.62. The minimum absolute atomic E-state index is 0.305. The molecule has 0 unspecified atom stereocenters. The van der Waals surface area contributed by atoms with Crippen molar-refractivity contribution in [2.24, 2.45) is 0 Å². The summed E-state index contributed by atoms with van der Waals surface area (Å²) < 4.78 is 5.46. The first kappa shape index (κ1) is 13.9. The third-order valence-corrected chi connectivity index (χ3v) is 2.62. The summed E-state index contributed by atoms with van der Waals surface area (Å²) in [5, 5.41) is 2.72. The number of aromatic amines is 1. The number of anilines is 1. The average molecular weight is 272 g/mol. The van der Waals surface area contributed by atoms with Crippen molar-refractivity contribution in [2.45, 2.75) is 13.3 Å². The van der Waals surface area contributed by atoms with Gasteiger partial charge in [0.1, 0.15) is 5.75 Å². The maximum Gasteiger partial charge on any atom is 0.255 e. The molecule has 2 aromatic rings. The van der Waals surface area contributed by atoms with Gasteiger partial charge in [0.15, 0.2) is 0 Å². The summed E-state index contributed by atoms with van der Waals surface area (Å²) in [6.45, 7) is 2.70. The normalized spacial score (nSPS) is 10.1. The molecule has 1 heterocycles. The molecule has 0 atom stereocenters. The Balaban J connectivity index is 2.02. The van der Waals surface area contributed by atoms with Crippen LogP contribution in [0, 0.1) is 0 Å². The van der Waals surface area contributed by atoms with Gasteiger partial charge in [-0.05, 0) is 36.8 Å². The van der Waals surface area contributed by atoms with E-state index in [1.165, 1.54) is 12.3 Å². The predicted molar refractivity (Wildman–Crippen MR) is 77.2 cm³/mol. The van der Waals surface area contributed by atoms with E-state index in [4.69, 9.17) is 4.74 Å². The quantitative estimate of drug-likeness (QED) is 0.878. The van der Waals surface area contributed by atoms with E-state index in [2.05, 4.69) is 10.3 Å². The minimum Gasteiger partial charge on any atom is -0.494 e. The summed E-state index contributed by atoms with van der Waals surface area (Å²) in [6, 6.07) is 9.92. The van der Waals surface area contributed by atoms with Crippen molar-refractivity contribution in [3.8, 4) is 5.75 Å². The van der Waals surface area contributed by atoms with Crippen LogP contribution in [0.1, 0.15) is 23.7 Å². The zero-order valence-corrected chi connectivity index (χ0v) is 11.2. The molecule has 0 saturated carbocycles. The second-order valence-electron chi connectivity index (χ2n) is 4.27. The van der Waals surface area contributed by atoms with Gasteiger partial charge in [0.05, 0.1) is 6.61 Å². The van der Waals surface area contributed by atoms with Gasteiger partial charge in [-0.3, -0.25) is 9.59 Å². The van der Waals surface area contributed by atoms with Crippen LogP contribution in [0.3, 0.4) is 0 Å². The molecule has 5 nitrogen and oxygen atoms in total. The smallest absolute Gasteiger partial charge is 0.255 e. The number of benzene rings is 1. The van der Waals surface area contributed by atoms with Crippen LogP contribution in [0.15, 0.2) is 47.4 Å². The highest BCUT2D eigenvalue weighted by Crippen LogP contribution is 2.16. The van der Waals surface area contributed by atoms with Gasteiger partial charge in [-0.1, -0.05) is 6.92 Å². The number of carbonyl (C=O) groups is 1. The van der Waals surface area contributed by atoms with Crippen molar-refractivity contribution >= 4 is 11.6 Å². The summed E-state index contributed by atoms with van der Waals surface area (Å²) in [6.07, 6.45) is 2.39. The Morgan fingerprint density at radius 3 is 2.65 bits per heavy atom. The van der Waals surface area contributed by atoms with Crippen LogP contribution < -0.4 is 15.6 Å². The molecule has 0 spiro atoms. The molecule has 2 rings (SSSR count). The number of rotatable bonds is 5. The number of amides is 1. The first-order valence-corrected chi connectivity index (χ1v) is 6.42. The molecule has 5 heteroatoms. The number of aromatic nitrogens is 1. The number of hydrogen-bond acceptors (Lipinski definition) is 3. The van der Waals surface area contributed by atoms with Crippen molar-refractivity contribution in [3.05, 3.63) is 58.5 Å². The van der Waals surface area contributed by atoms with Gasteiger partial charge in [0.25, 0.3) is 5.91 Å². The van der Waals surface area contributed by atoms with Gasteiger partial charge >= 0.3 is 0 Å². The van der Waals surface area contributed by atoms with Crippen LogP contribution in [0.25, 0.3) is 0 Å². The number of ether oxygens (including phenoxy) is 1. The summed E-state index contributed by atoms with van der Waals surface area (Å²) in [4.78, 5) is 25.5. The molecule has 1 amide bonds. The highest BCUT2D eigenvalue weighted by Gasteiger charge is 2.06. The monoisotopic (exact) mass is 272 g/mol. The van der Waals surface area contributed by atoms with E-state index in [0.717, 1.165) is 12.2 Å². The Morgan fingerprint density at radius 2 is 2.00 bits per heavy atom. The molecule has 1 aromatic carbocycles. The fraction of sp³-hybridized carbons (Fsp3) is 0.200. The van der Waals surface area contributed by atoms with E-state index in [-0.39, 0.29) is 11.5 Å². The van der Waals surface area contributed by atoms with Crippen molar-refractivity contribution in [1.29, 1.82) is 0 Å². The topological polar surface area (TPSA) is 71.2 Å². The molecule has 0 saturated heterocycles. The Kier molecular flexibility index (Phi) is 4.55. The average Bonchev–Trinajstić information content (AvgIpc) is 2.46. The lowest BCUT2D eigenvalue weighted by atomic mass is 10.2. The largest absolute Gasteiger partial charge is 0.494 e. The molecule has 2 N–H and O–H groups in total. The fourth-order valence-electron chi connectivity index (χ4n) is 1.64. The minimum atomic E-state index is -0.321. The van der Waals surface area contributed by atoms with Crippen LogP contribution in [-0.2, 0) is 0 Å². The number of pyridine rings is 1. The number of carbonyl (C=O) groups excluding carboxylic acids is 1. The lowest BCUT2D eigenvalue weighted by molar-refractivity contribution is 0.102. The van der Waals surface area contributed by atoms with Crippen LogP contribution in [0.2, 0.25) is 0 Å². The van der Waals surface area contributed by atoms with Crippen LogP contribution in [0.4, 0.5) is 5.69 Å². The second-order valence-corrected chi connectivity index (χ2v) is 4.27. The molecular formula is C15H16N2O3. The molecule has 20 heavy (non-hydrogen) atoms. The van der Waals surface area contributed by atoms with Crippen LogP contribution >= 0.6 is 0 Å². The second kappa shape index (κ2) is 6.56.